The molecule has 0 amide bonds. The molecule has 0 radical (unpaired) electrons. The summed E-state index contributed by atoms with van der Waals surface area (Å²) in [6, 6.07) is 3.76. The van der Waals surface area contributed by atoms with Gasteiger partial charge in [0.2, 0.25) is 0 Å². The minimum absolute atomic E-state index is 0.273. The molecule has 0 aromatic rings. The molecule has 0 aliphatic rings. The molecule has 4 nitrogen and oxygen atoms in total. The van der Waals surface area contributed by atoms with E-state index in [2.05, 4.69) is 77.0 Å². The quantitative estimate of drug-likeness (QED) is 0.191. The highest BCUT2D eigenvalue weighted by atomic mass is 28.4. The van der Waals surface area contributed by atoms with Crippen LogP contribution >= 0.6 is 0 Å². The van der Waals surface area contributed by atoms with Crippen LogP contribution in [-0.2, 0) is 4.43 Å². The van der Waals surface area contributed by atoms with Gasteiger partial charge >= 0.3 is 0 Å². The highest BCUT2D eigenvalue weighted by molar-refractivity contribution is 6.73. The van der Waals surface area contributed by atoms with Crippen LogP contribution in [0.4, 0.5) is 0 Å². The molecular weight excluding hydrogens is 398 g/mol. The molecule has 0 N–H and O–H groups in total. The van der Waals surface area contributed by atoms with Gasteiger partial charge in [0.05, 0.1) is 0 Å². The smallest absolute Gasteiger partial charge is 0.192 e. The standard InChI is InChI=1S/C26H59N3OSi/c1-10-19-27(13-4)22-26(23-28(14-5)20-11-2,24-29(15-6)21-12-3)25-31(17-8,18-9)30-16-7/h10-25H2,1-9H3. The Labute approximate surface area is 198 Å². The second kappa shape index (κ2) is 17.5. The highest BCUT2D eigenvalue weighted by Crippen LogP contribution is 2.37. The molecule has 5 heteroatoms. The van der Waals surface area contributed by atoms with Gasteiger partial charge in [-0.25, -0.2) is 0 Å². The summed E-state index contributed by atoms with van der Waals surface area (Å²) in [4.78, 5) is 8.20. The number of rotatable bonds is 21. The van der Waals surface area contributed by atoms with Gasteiger partial charge in [0, 0.05) is 31.7 Å². The molecule has 188 valence electrons. The lowest BCUT2D eigenvalue weighted by molar-refractivity contribution is 0.0662. The van der Waals surface area contributed by atoms with Gasteiger partial charge in [-0.3, -0.25) is 0 Å². The van der Waals surface area contributed by atoms with Crippen molar-refractivity contribution in [2.75, 3.05) is 65.5 Å². The summed E-state index contributed by atoms with van der Waals surface area (Å²) >= 11 is 0. The molecule has 0 bridgehead atoms. The van der Waals surface area contributed by atoms with Crippen molar-refractivity contribution < 1.29 is 4.43 Å². The molecule has 0 aliphatic heterocycles. The molecule has 0 fully saturated rings. The Kier molecular flexibility index (Phi) is 17.6. The fourth-order valence-corrected chi connectivity index (χ4v) is 9.31. The van der Waals surface area contributed by atoms with Gasteiger partial charge in [-0.1, -0.05) is 55.4 Å². The minimum atomic E-state index is -1.77. The van der Waals surface area contributed by atoms with Crippen LogP contribution in [0.15, 0.2) is 0 Å². The van der Waals surface area contributed by atoms with Gasteiger partial charge in [-0.2, -0.15) is 0 Å². The van der Waals surface area contributed by atoms with Crippen molar-refractivity contribution in [3.63, 3.8) is 0 Å². The molecule has 0 saturated heterocycles. The van der Waals surface area contributed by atoms with Gasteiger partial charge in [-0.05, 0) is 83.6 Å². The Balaban J connectivity index is 6.32. The summed E-state index contributed by atoms with van der Waals surface area (Å²) in [5, 5.41) is 0. The average Bonchev–Trinajstić information content (AvgIpc) is 2.77. The van der Waals surface area contributed by atoms with Crippen molar-refractivity contribution in [1.82, 2.24) is 14.7 Å². The average molecular weight is 458 g/mol. The lowest BCUT2D eigenvalue weighted by atomic mass is 9.87. The number of hydrogen-bond donors (Lipinski definition) is 0. The normalized spacial score (nSPS) is 13.2. The van der Waals surface area contributed by atoms with Crippen LogP contribution in [0.3, 0.4) is 0 Å². The molecule has 0 spiro atoms. The van der Waals surface area contributed by atoms with E-state index >= 15 is 0 Å². The first-order chi connectivity index (χ1) is 14.9. The lowest BCUT2D eigenvalue weighted by Gasteiger charge is -2.48. The molecule has 0 aromatic carbocycles. The second-order valence-corrected chi connectivity index (χ2v) is 14.0. The van der Waals surface area contributed by atoms with Gasteiger partial charge in [0.25, 0.3) is 0 Å². The van der Waals surface area contributed by atoms with E-state index in [1.54, 1.807) is 0 Å². The molecule has 0 heterocycles. The largest absolute Gasteiger partial charge is 0.417 e. The first-order valence-electron chi connectivity index (χ1n) is 13.7. The fourth-order valence-electron chi connectivity index (χ4n) is 5.48. The van der Waals surface area contributed by atoms with Crippen molar-refractivity contribution in [3.05, 3.63) is 0 Å². The predicted molar refractivity (Wildman–Crippen MR) is 143 cm³/mol. The third kappa shape index (κ3) is 11.2. The third-order valence-corrected chi connectivity index (χ3v) is 11.9. The topological polar surface area (TPSA) is 19.0 Å². The van der Waals surface area contributed by atoms with E-state index in [4.69, 9.17) is 4.43 Å². The minimum Gasteiger partial charge on any atom is -0.417 e. The van der Waals surface area contributed by atoms with E-state index in [0.29, 0.717) is 0 Å². The van der Waals surface area contributed by atoms with Gasteiger partial charge in [0.15, 0.2) is 8.32 Å². The summed E-state index contributed by atoms with van der Waals surface area (Å²) < 4.78 is 6.69. The SMILES string of the molecule is CCCN(CC)CC(CN(CC)CCC)(CN(CC)CCC)C[Si](CC)(CC)OCC. The van der Waals surface area contributed by atoms with E-state index < -0.39 is 8.32 Å². The van der Waals surface area contributed by atoms with Gasteiger partial charge in [0.1, 0.15) is 0 Å². The second-order valence-electron chi connectivity index (χ2n) is 9.61. The maximum absolute atomic E-state index is 6.69. The van der Waals surface area contributed by atoms with E-state index in [-0.39, 0.29) is 5.41 Å². The zero-order valence-corrected chi connectivity index (χ0v) is 24.1. The third-order valence-electron chi connectivity index (χ3n) is 7.07. The molecule has 31 heavy (non-hydrogen) atoms. The first kappa shape index (κ1) is 31.1. The van der Waals surface area contributed by atoms with Crippen molar-refractivity contribution in [3.8, 4) is 0 Å². The summed E-state index contributed by atoms with van der Waals surface area (Å²) in [6.45, 7) is 32.6. The summed E-state index contributed by atoms with van der Waals surface area (Å²) in [5.74, 6) is 0. The number of nitrogens with zero attached hydrogens (tertiary/aromatic N) is 3. The van der Waals surface area contributed by atoms with E-state index in [9.17, 15) is 0 Å². The molecule has 0 rings (SSSR count). The van der Waals surface area contributed by atoms with Crippen molar-refractivity contribution >= 4 is 8.32 Å². The Morgan fingerprint density at radius 1 is 0.581 bits per heavy atom. The Hall–Kier alpha value is 0.0569. The van der Waals surface area contributed by atoms with Crippen LogP contribution in [0.1, 0.15) is 81.6 Å². The molecular formula is C26H59N3OSi. The maximum Gasteiger partial charge on any atom is 0.192 e. The van der Waals surface area contributed by atoms with Crippen LogP contribution in [0.5, 0.6) is 0 Å². The molecule has 0 aliphatic carbocycles. The van der Waals surface area contributed by atoms with Crippen LogP contribution in [-0.4, -0.2) is 88.5 Å². The summed E-state index contributed by atoms with van der Waals surface area (Å²) in [5.41, 5.74) is 0.273. The van der Waals surface area contributed by atoms with Crippen LogP contribution in [0.25, 0.3) is 0 Å². The zero-order valence-electron chi connectivity index (χ0n) is 23.1. The molecule has 0 aromatic heterocycles. The predicted octanol–water partition coefficient (Wildman–Crippen LogP) is 6.19. The Morgan fingerprint density at radius 3 is 1.16 bits per heavy atom. The molecule has 0 atom stereocenters. The summed E-state index contributed by atoms with van der Waals surface area (Å²) in [6.07, 6.45) is 3.70. The maximum atomic E-state index is 6.69. The van der Waals surface area contributed by atoms with Crippen molar-refractivity contribution in [2.45, 2.75) is 99.7 Å². The van der Waals surface area contributed by atoms with E-state index in [1.165, 1.54) is 76.7 Å². The lowest BCUT2D eigenvalue weighted by Crippen LogP contribution is -2.56. The van der Waals surface area contributed by atoms with Crippen molar-refractivity contribution in [1.29, 1.82) is 0 Å². The van der Waals surface area contributed by atoms with E-state index in [1.807, 2.05) is 0 Å². The van der Waals surface area contributed by atoms with E-state index in [0.717, 1.165) is 26.2 Å². The zero-order chi connectivity index (χ0) is 23.8. The van der Waals surface area contributed by atoms with Gasteiger partial charge in [-0.15, -0.1) is 0 Å². The Morgan fingerprint density at radius 2 is 0.935 bits per heavy atom. The van der Waals surface area contributed by atoms with Crippen LogP contribution in [0, 0.1) is 5.41 Å². The van der Waals surface area contributed by atoms with Crippen molar-refractivity contribution in [2.24, 2.45) is 5.41 Å². The van der Waals surface area contributed by atoms with Crippen LogP contribution < -0.4 is 0 Å². The molecule has 0 unspecified atom stereocenters. The van der Waals surface area contributed by atoms with Crippen LogP contribution in [0.2, 0.25) is 18.1 Å². The summed E-state index contributed by atoms with van der Waals surface area (Å²) in [7, 11) is -1.77. The fraction of sp³-hybridized carbons (Fsp3) is 1.00. The molecule has 0 saturated carbocycles. The van der Waals surface area contributed by atoms with Gasteiger partial charge < -0.3 is 19.1 Å². The monoisotopic (exact) mass is 457 g/mol. The Bertz CT molecular complexity index is 377. The number of hydrogen-bond acceptors (Lipinski definition) is 4. The highest BCUT2D eigenvalue weighted by Gasteiger charge is 2.44. The first-order valence-corrected chi connectivity index (χ1v) is 16.2.